The number of hydrogen-bond acceptors (Lipinski definition) is 5. The smallest absolute Gasteiger partial charge is 0.328 e. The van der Waals surface area contributed by atoms with Gasteiger partial charge in [-0.3, -0.25) is 9.48 Å². The molecule has 0 amide bonds. The minimum Gasteiger partial charge on any atom is -0.481 e. The molecule has 2 aliphatic heterocycles. The first-order chi connectivity index (χ1) is 12.0. The standard InChI is InChI=1S/C17H23F2N3O4/c1-16(2,3)26-15(25)12-11-10(5-7-20-12)21-22-8-9(14(23)24)4-6-17(18,19)13(11)22/h9,12,20H,4-8H2,1-3H3,(H,23,24). The lowest BCUT2D eigenvalue weighted by molar-refractivity contribution is -0.158. The minimum atomic E-state index is -3.26. The number of nitrogens with zero attached hydrogens (tertiary/aromatic N) is 2. The van der Waals surface area contributed by atoms with Gasteiger partial charge in [0.15, 0.2) is 0 Å². The van der Waals surface area contributed by atoms with E-state index >= 15 is 0 Å². The van der Waals surface area contributed by atoms with Crippen LogP contribution in [0.1, 0.15) is 56.6 Å². The molecule has 0 bridgehead atoms. The lowest BCUT2D eigenvalue weighted by Gasteiger charge is -2.28. The van der Waals surface area contributed by atoms with Crippen molar-refractivity contribution in [3.8, 4) is 0 Å². The highest BCUT2D eigenvalue weighted by atomic mass is 19.3. The number of carboxylic acids is 1. The van der Waals surface area contributed by atoms with Crippen molar-refractivity contribution >= 4 is 11.9 Å². The second-order valence-electron chi connectivity index (χ2n) is 7.84. The number of esters is 1. The number of halogens is 2. The maximum Gasteiger partial charge on any atom is 0.328 e. The number of aromatic nitrogens is 2. The third-order valence-electron chi connectivity index (χ3n) is 4.60. The fraction of sp³-hybridized carbons (Fsp3) is 0.706. The van der Waals surface area contributed by atoms with E-state index in [1.54, 1.807) is 20.8 Å². The lowest BCUT2D eigenvalue weighted by Crippen LogP contribution is -2.40. The Morgan fingerprint density at radius 2 is 2.08 bits per heavy atom. The van der Waals surface area contributed by atoms with Gasteiger partial charge in [-0.1, -0.05) is 0 Å². The molecule has 1 aromatic rings. The van der Waals surface area contributed by atoms with E-state index in [4.69, 9.17) is 4.74 Å². The number of fused-ring (bicyclic) bond motifs is 3. The van der Waals surface area contributed by atoms with E-state index in [0.717, 1.165) is 4.68 Å². The third kappa shape index (κ3) is 3.44. The number of rotatable bonds is 2. The second kappa shape index (κ2) is 6.29. The zero-order valence-electron chi connectivity index (χ0n) is 15.0. The molecule has 0 saturated carbocycles. The number of alkyl halides is 2. The van der Waals surface area contributed by atoms with Gasteiger partial charge in [0.2, 0.25) is 0 Å². The van der Waals surface area contributed by atoms with Crippen molar-refractivity contribution in [1.82, 2.24) is 15.1 Å². The van der Waals surface area contributed by atoms with Gasteiger partial charge in [-0.05, 0) is 27.2 Å². The van der Waals surface area contributed by atoms with Crippen LogP contribution >= 0.6 is 0 Å². The molecule has 26 heavy (non-hydrogen) atoms. The SMILES string of the molecule is CC(C)(C)OC(=O)C1NCCc2nn3c(c21)C(F)(F)CCC(C(=O)O)C3. The Morgan fingerprint density at radius 3 is 2.69 bits per heavy atom. The summed E-state index contributed by atoms with van der Waals surface area (Å²) in [5, 5.41) is 16.4. The first-order valence-corrected chi connectivity index (χ1v) is 8.66. The zero-order chi connectivity index (χ0) is 19.3. The Bertz CT molecular complexity index is 739. The predicted octanol–water partition coefficient (Wildman–Crippen LogP) is 2.00. The Balaban J connectivity index is 2.06. The summed E-state index contributed by atoms with van der Waals surface area (Å²) < 4.78 is 36.2. The molecule has 144 valence electrons. The number of nitrogens with one attached hydrogen (secondary N) is 1. The van der Waals surface area contributed by atoms with Gasteiger partial charge in [-0.15, -0.1) is 0 Å². The average Bonchev–Trinajstić information content (AvgIpc) is 2.81. The van der Waals surface area contributed by atoms with Gasteiger partial charge in [0.1, 0.15) is 17.3 Å². The molecule has 0 fully saturated rings. The largest absolute Gasteiger partial charge is 0.481 e. The second-order valence-corrected chi connectivity index (χ2v) is 7.84. The number of carbonyl (C=O) groups excluding carboxylic acids is 1. The molecular weight excluding hydrogens is 348 g/mol. The highest BCUT2D eigenvalue weighted by Crippen LogP contribution is 2.43. The summed E-state index contributed by atoms with van der Waals surface area (Å²) in [6.07, 6.45) is -0.351. The van der Waals surface area contributed by atoms with E-state index in [1.807, 2.05) is 0 Å². The van der Waals surface area contributed by atoms with E-state index in [9.17, 15) is 23.5 Å². The summed E-state index contributed by atoms with van der Waals surface area (Å²) in [5.74, 6) is -5.95. The van der Waals surface area contributed by atoms with Crippen LogP contribution in [0.2, 0.25) is 0 Å². The molecule has 2 atom stereocenters. The summed E-state index contributed by atoms with van der Waals surface area (Å²) >= 11 is 0. The summed E-state index contributed by atoms with van der Waals surface area (Å²) in [7, 11) is 0. The van der Waals surface area contributed by atoms with Crippen LogP contribution in [0.5, 0.6) is 0 Å². The van der Waals surface area contributed by atoms with Gasteiger partial charge in [0.25, 0.3) is 5.92 Å². The van der Waals surface area contributed by atoms with E-state index < -0.39 is 41.8 Å². The first-order valence-electron chi connectivity index (χ1n) is 8.66. The highest BCUT2D eigenvalue weighted by molar-refractivity contribution is 5.79. The van der Waals surface area contributed by atoms with Crippen molar-refractivity contribution in [3.63, 3.8) is 0 Å². The normalized spacial score (nSPS) is 25.0. The Hall–Kier alpha value is -2.03. The molecule has 7 nitrogen and oxygen atoms in total. The molecule has 2 N–H and O–H groups in total. The molecule has 0 radical (unpaired) electrons. The Labute approximate surface area is 149 Å². The van der Waals surface area contributed by atoms with Gasteiger partial charge in [0.05, 0.1) is 18.2 Å². The van der Waals surface area contributed by atoms with Crippen LogP contribution in [0.15, 0.2) is 0 Å². The van der Waals surface area contributed by atoms with Gasteiger partial charge < -0.3 is 15.2 Å². The average molecular weight is 371 g/mol. The van der Waals surface area contributed by atoms with Gasteiger partial charge >= 0.3 is 11.9 Å². The Kier molecular flexibility index (Phi) is 4.54. The van der Waals surface area contributed by atoms with Crippen LogP contribution in [0.4, 0.5) is 8.78 Å². The minimum absolute atomic E-state index is 0.131. The molecule has 2 aliphatic rings. The number of aliphatic carboxylic acids is 1. The van der Waals surface area contributed by atoms with Gasteiger partial charge in [-0.2, -0.15) is 13.9 Å². The molecule has 0 spiro atoms. The summed E-state index contributed by atoms with van der Waals surface area (Å²) in [5.41, 5.74) is -0.571. The van der Waals surface area contributed by atoms with Crippen LogP contribution < -0.4 is 5.32 Å². The quantitative estimate of drug-likeness (QED) is 0.773. The molecule has 0 saturated heterocycles. The summed E-state index contributed by atoms with van der Waals surface area (Å²) in [4.78, 5) is 23.9. The zero-order valence-corrected chi connectivity index (χ0v) is 15.0. The molecule has 0 aromatic carbocycles. The summed E-state index contributed by atoms with van der Waals surface area (Å²) in [6, 6.07) is -1.03. The molecule has 9 heteroatoms. The van der Waals surface area contributed by atoms with Crippen molar-refractivity contribution < 1.29 is 28.2 Å². The first kappa shape index (κ1) is 18.8. The van der Waals surface area contributed by atoms with Crippen molar-refractivity contribution in [2.45, 2.75) is 64.1 Å². The molecule has 1 aromatic heterocycles. The van der Waals surface area contributed by atoms with Gasteiger partial charge in [-0.25, -0.2) is 4.79 Å². The van der Waals surface area contributed by atoms with E-state index in [2.05, 4.69) is 10.4 Å². The van der Waals surface area contributed by atoms with Crippen LogP contribution in [0, 0.1) is 5.92 Å². The van der Waals surface area contributed by atoms with Crippen molar-refractivity contribution in [1.29, 1.82) is 0 Å². The number of hydrogen-bond donors (Lipinski definition) is 2. The fourth-order valence-electron chi connectivity index (χ4n) is 3.51. The van der Waals surface area contributed by atoms with Crippen molar-refractivity contribution in [2.75, 3.05) is 6.54 Å². The van der Waals surface area contributed by atoms with Gasteiger partial charge in [0, 0.05) is 24.9 Å². The molecule has 3 rings (SSSR count). The summed E-state index contributed by atoms with van der Waals surface area (Å²) in [6.45, 7) is 5.40. The van der Waals surface area contributed by atoms with Crippen LogP contribution in [0.3, 0.4) is 0 Å². The molecular formula is C17H23F2N3O4. The van der Waals surface area contributed by atoms with Crippen LogP contribution in [-0.4, -0.2) is 39.0 Å². The van der Waals surface area contributed by atoms with Crippen molar-refractivity contribution in [2.24, 2.45) is 5.92 Å². The van der Waals surface area contributed by atoms with E-state index in [-0.39, 0.29) is 24.2 Å². The monoisotopic (exact) mass is 371 g/mol. The Morgan fingerprint density at radius 1 is 1.38 bits per heavy atom. The topological polar surface area (TPSA) is 93.5 Å². The number of carbonyl (C=O) groups is 2. The lowest BCUT2D eigenvalue weighted by atomic mass is 9.93. The van der Waals surface area contributed by atoms with Crippen LogP contribution in [0.25, 0.3) is 0 Å². The maximum atomic E-state index is 14.9. The van der Waals surface area contributed by atoms with Crippen molar-refractivity contribution in [3.05, 3.63) is 17.0 Å². The van der Waals surface area contributed by atoms with Crippen LogP contribution in [-0.2, 0) is 33.2 Å². The molecule has 2 unspecified atom stereocenters. The number of carboxylic acid groups (broad SMARTS) is 1. The predicted molar refractivity (Wildman–Crippen MR) is 86.8 cm³/mol. The molecule has 3 heterocycles. The number of ether oxygens (including phenoxy) is 1. The fourth-order valence-corrected chi connectivity index (χ4v) is 3.51. The van der Waals surface area contributed by atoms with E-state index in [0.29, 0.717) is 18.7 Å². The maximum absolute atomic E-state index is 14.9. The molecule has 0 aliphatic carbocycles. The third-order valence-corrected chi connectivity index (χ3v) is 4.60. The van der Waals surface area contributed by atoms with E-state index in [1.165, 1.54) is 0 Å². The highest BCUT2D eigenvalue weighted by Gasteiger charge is 2.47.